The van der Waals surface area contributed by atoms with Crippen molar-refractivity contribution in [1.29, 1.82) is 0 Å². The van der Waals surface area contributed by atoms with Gasteiger partial charge in [0, 0.05) is 6.61 Å². The fraction of sp³-hybridized carbons (Fsp3) is 1.00. The molecule has 0 bridgehead atoms. The molecule has 3 nitrogen and oxygen atoms in total. The van der Waals surface area contributed by atoms with Crippen LogP contribution in [0.5, 0.6) is 0 Å². The van der Waals surface area contributed by atoms with Crippen molar-refractivity contribution in [2.24, 2.45) is 5.92 Å². The number of hydrogen-bond acceptors (Lipinski definition) is 3. The molecule has 1 saturated heterocycles. The SMILES string of the molecule is CC(C)CCCCCCCCCCCCCCCOCC1COC(C)(C)O1. The van der Waals surface area contributed by atoms with Crippen LogP contribution in [0, 0.1) is 5.92 Å². The summed E-state index contributed by atoms with van der Waals surface area (Å²) in [5.41, 5.74) is 0. The minimum atomic E-state index is -0.429. The molecule has 0 aromatic carbocycles. The first kappa shape index (κ1) is 24.9. The van der Waals surface area contributed by atoms with Gasteiger partial charge in [0.25, 0.3) is 0 Å². The summed E-state index contributed by atoms with van der Waals surface area (Å²) in [6, 6.07) is 0. The van der Waals surface area contributed by atoms with E-state index in [4.69, 9.17) is 14.2 Å². The Morgan fingerprint density at radius 3 is 1.70 bits per heavy atom. The van der Waals surface area contributed by atoms with Gasteiger partial charge in [0.2, 0.25) is 0 Å². The van der Waals surface area contributed by atoms with E-state index in [1.54, 1.807) is 0 Å². The lowest BCUT2D eigenvalue weighted by atomic mass is 10.0. The Morgan fingerprint density at radius 1 is 0.778 bits per heavy atom. The van der Waals surface area contributed by atoms with Crippen LogP contribution in [0.2, 0.25) is 0 Å². The molecule has 162 valence electrons. The van der Waals surface area contributed by atoms with Gasteiger partial charge in [-0.3, -0.25) is 0 Å². The predicted molar refractivity (Wildman–Crippen MR) is 115 cm³/mol. The van der Waals surface area contributed by atoms with E-state index in [1.807, 2.05) is 13.8 Å². The summed E-state index contributed by atoms with van der Waals surface area (Å²) in [4.78, 5) is 0. The summed E-state index contributed by atoms with van der Waals surface area (Å²) < 4.78 is 17.0. The number of hydrogen-bond donors (Lipinski definition) is 0. The van der Waals surface area contributed by atoms with Gasteiger partial charge < -0.3 is 14.2 Å². The maximum atomic E-state index is 5.73. The van der Waals surface area contributed by atoms with Gasteiger partial charge in [0.1, 0.15) is 6.10 Å². The smallest absolute Gasteiger partial charge is 0.163 e. The van der Waals surface area contributed by atoms with Crippen LogP contribution < -0.4 is 0 Å². The molecule has 0 aliphatic carbocycles. The molecule has 0 spiro atoms. The van der Waals surface area contributed by atoms with Gasteiger partial charge in [0.15, 0.2) is 5.79 Å². The third-order valence-electron chi connectivity index (χ3n) is 5.44. The molecule has 0 saturated carbocycles. The van der Waals surface area contributed by atoms with Crippen LogP contribution in [0.25, 0.3) is 0 Å². The third-order valence-corrected chi connectivity index (χ3v) is 5.44. The highest BCUT2D eigenvalue weighted by atomic mass is 16.7. The van der Waals surface area contributed by atoms with Crippen molar-refractivity contribution in [3.8, 4) is 0 Å². The molecule has 1 fully saturated rings. The second-order valence-electron chi connectivity index (χ2n) is 9.30. The van der Waals surface area contributed by atoms with Crippen LogP contribution in [-0.4, -0.2) is 31.7 Å². The van der Waals surface area contributed by atoms with E-state index in [9.17, 15) is 0 Å². The van der Waals surface area contributed by atoms with Gasteiger partial charge in [-0.25, -0.2) is 0 Å². The fourth-order valence-corrected chi connectivity index (χ4v) is 3.76. The van der Waals surface area contributed by atoms with E-state index in [-0.39, 0.29) is 6.10 Å². The highest BCUT2D eigenvalue weighted by molar-refractivity contribution is 4.70. The highest BCUT2D eigenvalue weighted by Crippen LogP contribution is 2.22. The summed E-state index contributed by atoms with van der Waals surface area (Å²) in [5.74, 6) is 0.452. The quantitative estimate of drug-likeness (QED) is 0.232. The summed E-state index contributed by atoms with van der Waals surface area (Å²) in [7, 11) is 0. The van der Waals surface area contributed by atoms with Crippen molar-refractivity contribution in [2.45, 2.75) is 129 Å². The van der Waals surface area contributed by atoms with Crippen molar-refractivity contribution in [2.75, 3.05) is 19.8 Å². The maximum Gasteiger partial charge on any atom is 0.163 e. The van der Waals surface area contributed by atoms with E-state index in [0.29, 0.717) is 13.2 Å². The average molecular weight is 385 g/mol. The average Bonchev–Trinajstić information content (AvgIpc) is 2.96. The normalized spacial score (nSPS) is 19.2. The monoisotopic (exact) mass is 384 g/mol. The summed E-state index contributed by atoms with van der Waals surface area (Å²) >= 11 is 0. The second-order valence-corrected chi connectivity index (χ2v) is 9.30. The van der Waals surface area contributed by atoms with E-state index < -0.39 is 5.79 Å². The van der Waals surface area contributed by atoms with Crippen LogP contribution >= 0.6 is 0 Å². The number of ether oxygens (including phenoxy) is 3. The lowest BCUT2D eigenvalue weighted by Gasteiger charge is -2.17. The Hall–Kier alpha value is -0.120. The zero-order chi connectivity index (χ0) is 19.8. The number of rotatable bonds is 18. The van der Waals surface area contributed by atoms with Crippen LogP contribution in [0.3, 0.4) is 0 Å². The minimum absolute atomic E-state index is 0.111. The first-order chi connectivity index (χ1) is 13.0. The van der Waals surface area contributed by atoms with Crippen LogP contribution in [0.4, 0.5) is 0 Å². The largest absolute Gasteiger partial charge is 0.379 e. The van der Waals surface area contributed by atoms with Crippen molar-refractivity contribution in [3.63, 3.8) is 0 Å². The zero-order valence-electron chi connectivity index (χ0n) is 18.9. The Kier molecular flexibility index (Phi) is 14.5. The van der Waals surface area contributed by atoms with Crippen molar-refractivity contribution in [1.82, 2.24) is 0 Å². The summed E-state index contributed by atoms with van der Waals surface area (Å²) in [5, 5.41) is 0. The molecule has 1 unspecified atom stereocenters. The van der Waals surface area contributed by atoms with Crippen molar-refractivity contribution < 1.29 is 14.2 Å². The Balaban J connectivity index is 1.69. The topological polar surface area (TPSA) is 27.7 Å². The molecule has 3 heteroatoms. The van der Waals surface area contributed by atoms with Gasteiger partial charge in [-0.05, 0) is 26.2 Å². The molecule has 0 aromatic rings. The Bertz CT molecular complexity index is 328. The van der Waals surface area contributed by atoms with Gasteiger partial charge in [-0.1, -0.05) is 97.3 Å². The molecule has 1 heterocycles. The van der Waals surface area contributed by atoms with E-state index in [1.165, 1.54) is 89.9 Å². The molecule has 0 amide bonds. The molecule has 0 radical (unpaired) electrons. The van der Waals surface area contributed by atoms with Gasteiger partial charge in [-0.2, -0.15) is 0 Å². The van der Waals surface area contributed by atoms with E-state index in [0.717, 1.165) is 12.5 Å². The lowest BCUT2D eigenvalue weighted by molar-refractivity contribution is -0.145. The van der Waals surface area contributed by atoms with Crippen molar-refractivity contribution >= 4 is 0 Å². The molecule has 1 aliphatic rings. The fourth-order valence-electron chi connectivity index (χ4n) is 3.76. The lowest BCUT2D eigenvalue weighted by Crippen LogP contribution is -2.24. The van der Waals surface area contributed by atoms with Crippen molar-refractivity contribution in [3.05, 3.63) is 0 Å². The molecule has 0 N–H and O–H groups in total. The molecule has 1 rings (SSSR count). The Labute approximate surface area is 169 Å². The summed E-state index contributed by atoms with van der Waals surface area (Å²) in [6.45, 7) is 10.8. The standard InChI is InChI=1S/C24H48O3/c1-22(2)18-16-14-12-10-8-6-5-7-9-11-13-15-17-19-25-20-23-21-26-24(3,4)27-23/h22-23H,5-21H2,1-4H3. The maximum absolute atomic E-state index is 5.73. The predicted octanol–water partition coefficient (Wildman–Crippen LogP) is 7.27. The highest BCUT2D eigenvalue weighted by Gasteiger charge is 2.32. The molecular formula is C24H48O3. The van der Waals surface area contributed by atoms with E-state index >= 15 is 0 Å². The van der Waals surface area contributed by atoms with Gasteiger partial charge in [-0.15, -0.1) is 0 Å². The zero-order valence-corrected chi connectivity index (χ0v) is 18.9. The van der Waals surface area contributed by atoms with Crippen LogP contribution in [0.15, 0.2) is 0 Å². The third kappa shape index (κ3) is 15.5. The molecule has 1 aliphatic heterocycles. The first-order valence-electron chi connectivity index (χ1n) is 11.9. The molecule has 27 heavy (non-hydrogen) atoms. The Morgan fingerprint density at radius 2 is 1.26 bits per heavy atom. The molecular weight excluding hydrogens is 336 g/mol. The first-order valence-corrected chi connectivity index (χ1v) is 11.9. The van der Waals surface area contributed by atoms with Gasteiger partial charge >= 0.3 is 0 Å². The minimum Gasteiger partial charge on any atom is -0.379 e. The molecule has 0 aromatic heterocycles. The number of unbranched alkanes of at least 4 members (excludes halogenated alkanes) is 12. The van der Waals surface area contributed by atoms with Gasteiger partial charge in [0.05, 0.1) is 13.2 Å². The van der Waals surface area contributed by atoms with E-state index in [2.05, 4.69) is 13.8 Å². The van der Waals surface area contributed by atoms with Crippen LogP contribution in [-0.2, 0) is 14.2 Å². The van der Waals surface area contributed by atoms with Crippen LogP contribution in [0.1, 0.15) is 118 Å². The second kappa shape index (κ2) is 15.8. The summed E-state index contributed by atoms with van der Waals surface area (Å²) in [6.07, 6.45) is 19.7. The molecule has 1 atom stereocenters.